The van der Waals surface area contributed by atoms with Crippen molar-refractivity contribution < 1.29 is 15.3 Å². The molecule has 0 aliphatic heterocycles. The first-order chi connectivity index (χ1) is 23.8. The highest BCUT2D eigenvalue weighted by Gasteiger charge is 2.22. The van der Waals surface area contributed by atoms with Gasteiger partial charge in [-0.25, -0.2) is 0 Å². The summed E-state index contributed by atoms with van der Waals surface area (Å²) in [4.78, 5) is 0. The highest BCUT2D eigenvalue weighted by atomic mass is 16.3. The average molecular weight is 707 g/mol. The number of aromatic hydroxyl groups is 3. The van der Waals surface area contributed by atoms with E-state index in [0.717, 1.165) is 66.2 Å². The third-order valence-corrected chi connectivity index (χ3v) is 10.5. The van der Waals surface area contributed by atoms with Gasteiger partial charge in [0, 0.05) is 5.56 Å². The van der Waals surface area contributed by atoms with Gasteiger partial charge in [0.05, 0.1) is 0 Å². The topological polar surface area (TPSA) is 60.7 Å². The third kappa shape index (κ3) is 17.9. The lowest BCUT2D eigenvalue weighted by molar-refractivity contribution is 0.447. The molecule has 0 radical (unpaired) electrons. The van der Waals surface area contributed by atoms with Crippen LogP contribution < -0.4 is 0 Å². The van der Waals surface area contributed by atoms with Crippen LogP contribution in [0, 0.1) is 39.5 Å². The van der Waals surface area contributed by atoms with Gasteiger partial charge in [-0.1, -0.05) is 134 Å². The molecule has 3 nitrogen and oxygen atoms in total. The van der Waals surface area contributed by atoms with Crippen LogP contribution in [0.25, 0.3) is 0 Å². The minimum atomic E-state index is 0.338. The van der Waals surface area contributed by atoms with E-state index in [1.165, 1.54) is 40.7 Å². The molecule has 51 heavy (non-hydrogen) atoms. The molecule has 0 fully saturated rings. The molecule has 0 saturated carbocycles. The summed E-state index contributed by atoms with van der Waals surface area (Å²) in [6.07, 6.45) is 7.70. The van der Waals surface area contributed by atoms with Crippen molar-refractivity contribution in [3.05, 3.63) is 86.5 Å². The standard InChI is InChI=1S/C19H32O.C12H18O.C7H8O.2C5H12/c1-8-12(4)16-11-17(13(5)9-2)19(20)18(15(16)7)14(6)10-3;1-5-10-7-8(3)9(4)11(6-2)12(10)13;1-6-3-2-4-7(8)5-6;2*1-4-5(2)3/h11-14,20H,8-10H2,1-7H3;7,13H,5-6H2,1-4H3;2-5,8H,1H3;2*5H,4H2,1-3H3. The number of phenols is 3. The quantitative estimate of drug-likeness (QED) is 0.197. The summed E-state index contributed by atoms with van der Waals surface area (Å²) < 4.78 is 0. The molecule has 0 heterocycles. The summed E-state index contributed by atoms with van der Waals surface area (Å²) in [6, 6.07) is 11.5. The molecule has 3 N–H and O–H groups in total. The van der Waals surface area contributed by atoms with Crippen molar-refractivity contribution in [2.24, 2.45) is 11.8 Å². The van der Waals surface area contributed by atoms with Crippen molar-refractivity contribution in [1.82, 2.24) is 0 Å². The lowest BCUT2D eigenvalue weighted by Crippen LogP contribution is -2.07. The molecule has 3 rings (SSSR count). The number of hydrogen-bond donors (Lipinski definition) is 3. The Bertz CT molecular complexity index is 1310. The van der Waals surface area contributed by atoms with Crippen LogP contribution in [-0.2, 0) is 12.8 Å². The van der Waals surface area contributed by atoms with Crippen LogP contribution in [0.1, 0.15) is 197 Å². The van der Waals surface area contributed by atoms with Crippen molar-refractivity contribution in [2.75, 3.05) is 0 Å². The molecule has 0 amide bonds. The predicted molar refractivity (Wildman–Crippen MR) is 228 cm³/mol. The first-order valence-corrected chi connectivity index (χ1v) is 20.3. The van der Waals surface area contributed by atoms with Crippen LogP contribution in [0.15, 0.2) is 36.4 Å². The van der Waals surface area contributed by atoms with Gasteiger partial charge >= 0.3 is 0 Å². The van der Waals surface area contributed by atoms with Gasteiger partial charge in [0.25, 0.3) is 0 Å². The van der Waals surface area contributed by atoms with Gasteiger partial charge < -0.3 is 15.3 Å². The van der Waals surface area contributed by atoms with E-state index in [2.05, 4.69) is 130 Å². The molecule has 0 aliphatic rings. The minimum absolute atomic E-state index is 0.338. The van der Waals surface area contributed by atoms with Crippen LogP contribution >= 0.6 is 0 Å². The largest absolute Gasteiger partial charge is 0.508 e. The Balaban J connectivity index is 0. The van der Waals surface area contributed by atoms with Crippen molar-refractivity contribution >= 4 is 0 Å². The maximum absolute atomic E-state index is 10.8. The fourth-order valence-corrected chi connectivity index (χ4v) is 5.34. The molecular formula is C48H82O3. The highest BCUT2D eigenvalue weighted by Crippen LogP contribution is 2.42. The van der Waals surface area contributed by atoms with E-state index in [9.17, 15) is 10.2 Å². The zero-order valence-corrected chi connectivity index (χ0v) is 36.6. The van der Waals surface area contributed by atoms with Gasteiger partial charge in [-0.2, -0.15) is 0 Å². The molecule has 3 aromatic rings. The predicted octanol–water partition coefficient (Wildman–Crippen LogP) is 15.2. The summed E-state index contributed by atoms with van der Waals surface area (Å²) in [6.45, 7) is 39.1. The molecule has 3 atom stereocenters. The molecule has 0 aliphatic carbocycles. The Morgan fingerprint density at radius 3 is 1.33 bits per heavy atom. The zero-order chi connectivity index (χ0) is 40.0. The van der Waals surface area contributed by atoms with E-state index in [1.54, 1.807) is 12.1 Å². The van der Waals surface area contributed by atoms with E-state index in [4.69, 9.17) is 5.11 Å². The van der Waals surface area contributed by atoms with E-state index in [-0.39, 0.29) is 0 Å². The summed E-state index contributed by atoms with van der Waals surface area (Å²) >= 11 is 0. The van der Waals surface area contributed by atoms with Gasteiger partial charge in [0.2, 0.25) is 0 Å². The molecule has 292 valence electrons. The number of phenolic OH excluding ortho intramolecular Hbond substituents is 3. The smallest absolute Gasteiger partial charge is 0.122 e. The number of hydrogen-bond acceptors (Lipinski definition) is 3. The van der Waals surface area contributed by atoms with Gasteiger partial charge in [-0.05, 0) is 146 Å². The molecule has 0 spiro atoms. The summed E-state index contributed by atoms with van der Waals surface area (Å²) in [5.41, 5.74) is 10.8. The van der Waals surface area contributed by atoms with E-state index in [1.807, 2.05) is 19.1 Å². The first-order valence-electron chi connectivity index (χ1n) is 20.3. The van der Waals surface area contributed by atoms with E-state index >= 15 is 0 Å². The fraction of sp³-hybridized carbons (Fsp3) is 0.625. The van der Waals surface area contributed by atoms with E-state index < -0.39 is 0 Å². The lowest BCUT2D eigenvalue weighted by atomic mass is 9.81. The van der Waals surface area contributed by atoms with Crippen molar-refractivity contribution in [3.8, 4) is 17.2 Å². The summed E-state index contributed by atoms with van der Waals surface area (Å²) in [5.74, 6) is 4.56. The second-order valence-electron chi connectivity index (χ2n) is 15.3. The van der Waals surface area contributed by atoms with Gasteiger partial charge in [0.15, 0.2) is 0 Å². The average Bonchev–Trinajstić information content (AvgIpc) is 3.10. The molecule has 0 saturated heterocycles. The molecule has 0 bridgehead atoms. The zero-order valence-electron chi connectivity index (χ0n) is 36.6. The van der Waals surface area contributed by atoms with Gasteiger partial charge in [0.1, 0.15) is 17.2 Å². The Kier molecular flexibility index (Phi) is 26.3. The second kappa shape index (κ2) is 26.8. The Morgan fingerprint density at radius 1 is 0.510 bits per heavy atom. The van der Waals surface area contributed by atoms with Gasteiger partial charge in [-0.3, -0.25) is 0 Å². The van der Waals surface area contributed by atoms with Crippen LogP contribution in [0.5, 0.6) is 17.2 Å². The normalized spacial score (nSPS) is 12.2. The van der Waals surface area contributed by atoms with Crippen molar-refractivity contribution in [2.45, 2.75) is 187 Å². The maximum atomic E-state index is 10.8. The van der Waals surface area contributed by atoms with Crippen molar-refractivity contribution in [1.29, 1.82) is 0 Å². The molecule has 0 aromatic heterocycles. The number of aryl methyl sites for hydroxylation is 3. The minimum Gasteiger partial charge on any atom is -0.508 e. The van der Waals surface area contributed by atoms with E-state index in [0.29, 0.717) is 35.0 Å². The maximum Gasteiger partial charge on any atom is 0.122 e. The number of benzene rings is 3. The number of rotatable bonds is 10. The first kappa shape index (κ1) is 50.2. The Labute approximate surface area is 317 Å². The van der Waals surface area contributed by atoms with Crippen LogP contribution in [0.4, 0.5) is 0 Å². The second-order valence-corrected chi connectivity index (χ2v) is 15.3. The monoisotopic (exact) mass is 707 g/mol. The van der Waals surface area contributed by atoms with Gasteiger partial charge in [-0.15, -0.1) is 0 Å². The van der Waals surface area contributed by atoms with Crippen molar-refractivity contribution in [3.63, 3.8) is 0 Å². The SMILES string of the molecule is CCC(C)C.CCC(C)C.CCC(C)c1cc(C(C)CC)c(O)c(C(C)CC)c1C.CCc1cc(C)c(C)c(CC)c1O.Cc1cccc(O)c1. The Hall–Kier alpha value is -2.94. The lowest BCUT2D eigenvalue weighted by Gasteiger charge is -2.25. The summed E-state index contributed by atoms with van der Waals surface area (Å²) in [7, 11) is 0. The summed E-state index contributed by atoms with van der Waals surface area (Å²) in [5, 5.41) is 29.5. The fourth-order valence-electron chi connectivity index (χ4n) is 5.34. The molecule has 3 heteroatoms. The van der Waals surface area contributed by atoms with Crippen LogP contribution in [0.2, 0.25) is 0 Å². The molecular weight excluding hydrogens is 625 g/mol. The highest BCUT2D eigenvalue weighted by molar-refractivity contribution is 5.53. The van der Waals surface area contributed by atoms with Crippen LogP contribution in [0.3, 0.4) is 0 Å². The van der Waals surface area contributed by atoms with Crippen LogP contribution in [-0.4, -0.2) is 15.3 Å². The Morgan fingerprint density at radius 2 is 0.980 bits per heavy atom. The molecule has 3 unspecified atom stereocenters. The molecule has 3 aromatic carbocycles. The third-order valence-electron chi connectivity index (χ3n) is 10.5.